The summed E-state index contributed by atoms with van der Waals surface area (Å²) in [6.45, 7) is 0. The molecule has 0 amide bonds. The van der Waals surface area contributed by atoms with Crippen LogP contribution in [0.1, 0.15) is 0 Å². The van der Waals surface area contributed by atoms with Crippen LogP contribution in [0.15, 0.2) is 22.1 Å². The molecule has 11 heavy (non-hydrogen) atoms. The maximum atomic E-state index is 3.92. The summed E-state index contributed by atoms with van der Waals surface area (Å²) in [6.07, 6.45) is 0. The maximum absolute atomic E-state index is 3.92. The van der Waals surface area contributed by atoms with Gasteiger partial charge in [-0.3, -0.25) is 0 Å². The van der Waals surface area contributed by atoms with Crippen molar-refractivity contribution in [3.63, 3.8) is 0 Å². The van der Waals surface area contributed by atoms with E-state index >= 15 is 0 Å². The molecule has 5 heteroatoms. The van der Waals surface area contributed by atoms with Crippen LogP contribution in [-0.4, -0.2) is 40.6 Å². The molecule has 1 rings (SSSR count). The molecule has 0 aliphatic rings. The average Bonchev–Trinajstić information content (AvgIpc) is 2.38. The Morgan fingerprint density at radius 3 is 1.91 bits per heavy atom. The fraction of sp³-hybridized carbons (Fsp3) is 0. The first-order valence-electron chi connectivity index (χ1n) is 2.62. The fourth-order valence-corrected chi connectivity index (χ4v) is 1.87. The van der Waals surface area contributed by atoms with Crippen molar-refractivity contribution >= 4 is 61.9 Å². The normalized spacial score (nSPS) is 8.00. The van der Waals surface area contributed by atoms with Gasteiger partial charge in [-0.1, -0.05) is 0 Å². The van der Waals surface area contributed by atoms with Crippen LogP contribution < -0.4 is 0 Å². The van der Waals surface area contributed by atoms with Crippen molar-refractivity contribution in [2.75, 3.05) is 0 Å². The summed E-state index contributed by atoms with van der Waals surface area (Å²) in [5.74, 6) is 0. The molecule has 0 N–H and O–H groups in total. The molecule has 0 aromatic carbocycles. The molecule has 0 bridgehead atoms. The molecule has 0 saturated carbocycles. The second kappa shape index (κ2) is 4.71. The first kappa shape index (κ1) is 8.99. The van der Waals surface area contributed by atoms with E-state index in [1.807, 2.05) is 12.1 Å². The standard InChI is InChI=1S/C6H2N2SSe2/c10-3-7-5-1-2-6(9-5)8-4-11/h1-2H. The Hall–Kier alpha value is -0.101. The first-order chi connectivity index (χ1) is 5.36. The topological polar surface area (TPSA) is 24.7 Å². The van der Waals surface area contributed by atoms with Gasteiger partial charge in [-0.05, 0) is 0 Å². The van der Waals surface area contributed by atoms with Crippen LogP contribution in [0.25, 0.3) is 0 Å². The van der Waals surface area contributed by atoms with Gasteiger partial charge in [-0.15, -0.1) is 0 Å². The Morgan fingerprint density at radius 1 is 1.09 bits per heavy atom. The molecule has 0 aliphatic carbocycles. The molecule has 1 aromatic heterocycles. The van der Waals surface area contributed by atoms with Gasteiger partial charge in [0.15, 0.2) is 0 Å². The Bertz CT molecular complexity index is 313. The summed E-state index contributed by atoms with van der Waals surface area (Å²) in [6, 6.07) is 3.76. The molecule has 0 aliphatic heterocycles. The van der Waals surface area contributed by atoms with Crippen molar-refractivity contribution in [2.24, 2.45) is 9.98 Å². The predicted octanol–water partition coefficient (Wildman–Crippen LogP) is 1.16. The molecule has 0 fully saturated rings. The van der Waals surface area contributed by atoms with Gasteiger partial charge in [-0.25, -0.2) is 0 Å². The monoisotopic (exact) mass is 294 g/mol. The quantitative estimate of drug-likeness (QED) is 0.577. The first-order valence-corrected chi connectivity index (χ1v) is 5.15. The van der Waals surface area contributed by atoms with Gasteiger partial charge in [0.25, 0.3) is 0 Å². The molecule has 0 unspecified atom stereocenters. The number of aliphatic imine (C=N–C) groups is 2. The van der Waals surface area contributed by atoms with E-state index in [4.69, 9.17) is 0 Å². The van der Waals surface area contributed by atoms with Crippen molar-refractivity contribution < 1.29 is 0 Å². The zero-order chi connectivity index (χ0) is 8.10. The Labute approximate surface area is 83.8 Å². The van der Waals surface area contributed by atoms with E-state index in [0.29, 0.717) is 0 Å². The zero-order valence-electron chi connectivity index (χ0n) is 5.27. The van der Waals surface area contributed by atoms with E-state index in [2.05, 4.69) is 50.6 Å². The van der Waals surface area contributed by atoms with Gasteiger partial charge in [0.2, 0.25) is 0 Å². The van der Waals surface area contributed by atoms with Crippen molar-refractivity contribution in [3.8, 4) is 0 Å². The minimum absolute atomic E-state index is 0.887. The van der Waals surface area contributed by atoms with Crippen molar-refractivity contribution in [2.45, 2.75) is 0 Å². The number of hydrogen-bond acceptors (Lipinski definition) is 3. The van der Waals surface area contributed by atoms with Crippen LogP contribution in [0.2, 0.25) is 0 Å². The van der Waals surface area contributed by atoms with Crippen molar-refractivity contribution in [3.05, 3.63) is 12.1 Å². The van der Waals surface area contributed by atoms with Crippen LogP contribution in [0.5, 0.6) is 0 Å². The van der Waals surface area contributed by atoms with Crippen LogP contribution >= 0.6 is 11.3 Å². The number of thiophene rings is 1. The number of hydrogen-bond donors (Lipinski definition) is 0. The molecule has 0 spiro atoms. The van der Waals surface area contributed by atoms with E-state index in [0.717, 1.165) is 10.0 Å². The summed E-state index contributed by atoms with van der Waals surface area (Å²) in [7, 11) is 0. The van der Waals surface area contributed by atoms with Crippen LogP contribution in [0.3, 0.4) is 0 Å². The van der Waals surface area contributed by atoms with Crippen LogP contribution in [0, 0.1) is 0 Å². The zero-order valence-corrected chi connectivity index (χ0v) is 9.52. The second-order valence-corrected chi connectivity index (χ2v) is 3.32. The molecule has 0 saturated heterocycles. The molecule has 0 atom stereocenters. The molecular weight excluding hydrogens is 290 g/mol. The third kappa shape index (κ3) is 2.78. The van der Waals surface area contributed by atoms with E-state index in [-0.39, 0.29) is 0 Å². The van der Waals surface area contributed by atoms with Gasteiger partial charge in [0.05, 0.1) is 0 Å². The van der Waals surface area contributed by atoms with Crippen molar-refractivity contribution in [1.29, 1.82) is 0 Å². The number of nitrogens with zero attached hydrogens (tertiary/aromatic N) is 2. The van der Waals surface area contributed by atoms with E-state index in [9.17, 15) is 0 Å². The third-order valence-corrected chi connectivity index (χ3v) is 2.15. The summed E-state index contributed by atoms with van der Waals surface area (Å²) >= 11 is 6.62. The Morgan fingerprint density at radius 2 is 1.55 bits per heavy atom. The summed E-state index contributed by atoms with van der Waals surface area (Å²) in [5, 5.41) is 1.77. The van der Waals surface area contributed by atoms with Gasteiger partial charge < -0.3 is 0 Å². The number of rotatable bonds is 2. The average molecular weight is 292 g/mol. The molecule has 1 heterocycles. The molecule has 1 aromatic rings. The minimum atomic E-state index is 0.887. The SMILES string of the molecule is [Se]=C=Nc1ccc(N=C=[Se])s1. The summed E-state index contributed by atoms with van der Waals surface area (Å²) in [5.41, 5.74) is 0. The van der Waals surface area contributed by atoms with Gasteiger partial charge >= 0.3 is 84.0 Å². The van der Waals surface area contributed by atoms with Gasteiger partial charge in [-0.2, -0.15) is 0 Å². The van der Waals surface area contributed by atoms with E-state index in [1.165, 1.54) is 11.3 Å². The second-order valence-electron chi connectivity index (χ2n) is 1.52. The van der Waals surface area contributed by atoms with E-state index in [1.54, 1.807) is 0 Å². The van der Waals surface area contributed by atoms with Crippen LogP contribution in [-0.2, 0) is 0 Å². The third-order valence-electron chi connectivity index (χ3n) is 0.889. The molecule has 2 nitrogen and oxygen atoms in total. The predicted molar refractivity (Wildman–Crippen MR) is 50.0 cm³/mol. The molecule has 0 radical (unpaired) electrons. The Kier molecular flexibility index (Phi) is 3.85. The van der Waals surface area contributed by atoms with Crippen LogP contribution in [0.4, 0.5) is 10.0 Å². The molecule has 54 valence electrons. The van der Waals surface area contributed by atoms with Gasteiger partial charge in [0, 0.05) is 0 Å². The summed E-state index contributed by atoms with van der Waals surface area (Å²) in [4.78, 5) is 7.85. The van der Waals surface area contributed by atoms with E-state index < -0.39 is 0 Å². The molecular formula is C6H2N2SSe2. The van der Waals surface area contributed by atoms with Gasteiger partial charge in [0.1, 0.15) is 0 Å². The van der Waals surface area contributed by atoms with Crippen molar-refractivity contribution in [1.82, 2.24) is 0 Å². The summed E-state index contributed by atoms with van der Waals surface area (Å²) < 4.78 is 5.16. The Balaban J connectivity index is 2.98. The fourth-order valence-electron chi connectivity index (χ4n) is 0.528.